The van der Waals surface area contributed by atoms with Crippen molar-refractivity contribution < 1.29 is 9.53 Å². The van der Waals surface area contributed by atoms with Crippen molar-refractivity contribution in [3.05, 3.63) is 10.6 Å². The molecule has 1 aliphatic rings. The van der Waals surface area contributed by atoms with E-state index in [1.807, 2.05) is 6.92 Å². The fraction of sp³-hybridized carbons (Fsp3) is 0.714. The second-order valence-electron chi connectivity index (χ2n) is 5.16. The van der Waals surface area contributed by atoms with Gasteiger partial charge in [0, 0.05) is 19.7 Å². The van der Waals surface area contributed by atoms with Crippen LogP contribution in [0.3, 0.4) is 0 Å². The van der Waals surface area contributed by atoms with Crippen LogP contribution in [0.5, 0.6) is 0 Å². The Kier molecular flexibility index (Phi) is 5.79. The number of nitrogens with zero attached hydrogens (tertiary/aromatic N) is 1. The van der Waals surface area contributed by atoms with Gasteiger partial charge in [-0.25, -0.2) is 4.98 Å². The minimum atomic E-state index is -0.0613. The van der Waals surface area contributed by atoms with Gasteiger partial charge in [-0.3, -0.25) is 4.79 Å². The van der Waals surface area contributed by atoms with E-state index in [1.54, 1.807) is 7.11 Å². The normalized spacial score (nSPS) is 16.1. The summed E-state index contributed by atoms with van der Waals surface area (Å²) in [7, 11) is 1.62. The summed E-state index contributed by atoms with van der Waals surface area (Å²) in [6.45, 7) is 2.93. The minimum absolute atomic E-state index is 0.0613. The highest BCUT2D eigenvalue weighted by molar-refractivity contribution is 7.17. The van der Waals surface area contributed by atoms with Crippen LogP contribution in [0.2, 0.25) is 0 Å². The standard InChI is InChI=1S/C14H23N3O2S/c1-10-12(13(18)15-8-9-19-2)20-14(16-10)17-11-6-4-3-5-7-11/h11H,3-9H2,1-2H3,(H,15,18)(H,16,17). The molecular weight excluding hydrogens is 274 g/mol. The molecular formula is C14H23N3O2S. The zero-order valence-electron chi connectivity index (χ0n) is 12.2. The number of hydrogen-bond acceptors (Lipinski definition) is 5. The van der Waals surface area contributed by atoms with E-state index in [1.165, 1.54) is 43.4 Å². The molecule has 0 aromatic carbocycles. The molecule has 6 heteroatoms. The van der Waals surface area contributed by atoms with Crippen LogP contribution in [-0.4, -0.2) is 37.2 Å². The van der Waals surface area contributed by atoms with E-state index in [9.17, 15) is 4.79 Å². The largest absolute Gasteiger partial charge is 0.383 e. The van der Waals surface area contributed by atoms with Crippen LogP contribution in [-0.2, 0) is 4.74 Å². The van der Waals surface area contributed by atoms with E-state index in [0.717, 1.165) is 10.8 Å². The van der Waals surface area contributed by atoms with E-state index >= 15 is 0 Å². The average Bonchev–Trinajstić information content (AvgIpc) is 2.81. The minimum Gasteiger partial charge on any atom is -0.383 e. The maximum absolute atomic E-state index is 12.0. The van der Waals surface area contributed by atoms with Crippen LogP contribution in [0, 0.1) is 6.92 Å². The van der Waals surface area contributed by atoms with Crippen molar-refractivity contribution in [2.75, 3.05) is 25.6 Å². The average molecular weight is 297 g/mol. The van der Waals surface area contributed by atoms with Crippen molar-refractivity contribution in [1.29, 1.82) is 0 Å². The molecule has 0 aliphatic heterocycles. The molecule has 112 valence electrons. The molecule has 0 bridgehead atoms. The predicted molar refractivity (Wildman–Crippen MR) is 81.6 cm³/mol. The summed E-state index contributed by atoms with van der Waals surface area (Å²) in [5.74, 6) is -0.0613. The van der Waals surface area contributed by atoms with E-state index in [0.29, 0.717) is 24.1 Å². The van der Waals surface area contributed by atoms with Gasteiger partial charge in [-0.15, -0.1) is 0 Å². The van der Waals surface area contributed by atoms with Gasteiger partial charge in [-0.1, -0.05) is 30.6 Å². The van der Waals surface area contributed by atoms with Gasteiger partial charge >= 0.3 is 0 Å². The number of thiazole rings is 1. The van der Waals surface area contributed by atoms with Crippen LogP contribution >= 0.6 is 11.3 Å². The third-order valence-electron chi connectivity index (χ3n) is 3.53. The summed E-state index contributed by atoms with van der Waals surface area (Å²) >= 11 is 1.44. The van der Waals surface area contributed by atoms with Crippen molar-refractivity contribution in [2.45, 2.75) is 45.1 Å². The topological polar surface area (TPSA) is 63.2 Å². The lowest BCUT2D eigenvalue weighted by molar-refractivity contribution is 0.0940. The van der Waals surface area contributed by atoms with Gasteiger partial charge in [0.25, 0.3) is 5.91 Å². The van der Waals surface area contributed by atoms with Crippen LogP contribution in [0.25, 0.3) is 0 Å². The van der Waals surface area contributed by atoms with E-state index in [2.05, 4.69) is 15.6 Å². The number of rotatable bonds is 6. The highest BCUT2D eigenvalue weighted by Gasteiger charge is 2.18. The van der Waals surface area contributed by atoms with Crippen molar-refractivity contribution in [3.8, 4) is 0 Å². The first kappa shape index (κ1) is 15.3. The van der Waals surface area contributed by atoms with Gasteiger partial charge in [-0.05, 0) is 19.8 Å². The molecule has 0 saturated heterocycles. The summed E-state index contributed by atoms with van der Waals surface area (Å²) in [4.78, 5) is 17.2. The van der Waals surface area contributed by atoms with Crippen LogP contribution in [0.4, 0.5) is 5.13 Å². The number of carbonyl (C=O) groups is 1. The molecule has 0 radical (unpaired) electrons. The first-order valence-electron chi connectivity index (χ1n) is 7.22. The number of ether oxygens (including phenoxy) is 1. The number of aromatic nitrogens is 1. The van der Waals surface area contributed by atoms with Gasteiger partial charge in [0.2, 0.25) is 0 Å². The quantitative estimate of drug-likeness (QED) is 0.792. The van der Waals surface area contributed by atoms with Crippen LogP contribution in [0.1, 0.15) is 47.5 Å². The molecule has 20 heavy (non-hydrogen) atoms. The Bertz CT molecular complexity index is 442. The van der Waals surface area contributed by atoms with Crippen LogP contribution < -0.4 is 10.6 Å². The maximum atomic E-state index is 12.0. The number of nitrogens with one attached hydrogen (secondary N) is 2. The Labute approximate surface area is 124 Å². The number of carbonyl (C=O) groups excluding carboxylic acids is 1. The number of aryl methyl sites for hydroxylation is 1. The van der Waals surface area contributed by atoms with E-state index in [-0.39, 0.29) is 5.91 Å². The molecule has 2 rings (SSSR count). The number of amides is 1. The van der Waals surface area contributed by atoms with Crippen molar-refractivity contribution in [1.82, 2.24) is 10.3 Å². The number of anilines is 1. The van der Waals surface area contributed by atoms with Crippen molar-refractivity contribution in [2.24, 2.45) is 0 Å². The second-order valence-corrected chi connectivity index (χ2v) is 6.16. The van der Waals surface area contributed by atoms with Crippen molar-refractivity contribution in [3.63, 3.8) is 0 Å². The first-order chi connectivity index (χ1) is 9.70. The summed E-state index contributed by atoms with van der Waals surface area (Å²) in [5.41, 5.74) is 0.795. The molecule has 0 atom stereocenters. The van der Waals surface area contributed by atoms with E-state index < -0.39 is 0 Å². The van der Waals surface area contributed by atoms with Gasteiger partial charge in [0.05, 0.1) is 12.3 Å². The molecule has 0 unspecified atom stereocenters. The summed E-state index contributed by atoms with van der Waals surface area (Å²) in [5, 5.41) is 7.17. The molecule has 5 nitrogen and oxygen atoms in total. The molecule has 0 spiro atoms. The Morgan fingerprint density at radius 1 is 1.40 bits per heavy atom. The third-order valence-corrected chi connectivity index (χ3v) is 4.61. The van der Waals surface area contributed by atoms with Gasteiger partial charge < -0.3 is 15.4 Å². The molecule has 1 amide bonds. The third kappa shape index (κ3) is 4.18. The monoisotopic (exact) mass is 297 g/mol. The molecule has 2 N–H and O–H groups in total. The Balaban J connectivity index is 1.92. The number of hydrogen-bond donors (Lipinski definition) is 2. The SMILES string of the molecule is COCCNC(=O)c1sc(NC2CCCCC2)nc1C. The van der Waals surface area contributed by atoms with Gasteiger partial charge in [0.1, 0.15) is 4.88 Å². The fourth-order valence-electron chi connectivity index (χ4n) is 2.44. The molecule has 1 heterocycles. The zero-order chi connectivity index (χ0) is 14.4. The van der Waals surface area contributed by atoms with Crippen LogP contribution in [0.15, 0.2) is 0 Å². The Morgan fingerprint density at radius 2 is 2.15 bits per heavy atom. The maximum Gasteiger partial charge on any atom is 0.263 e. The highest BCUT2D eigenvalue weighted by Crippen LogP contribution is 2.26. The Hall–Kier alpha value is -1.14. The summed E-state index contributed by atoms with van der Waals surface area (Å²) in [6, 6.07) is 0.513. The lowest BCUT2D eigenvalue weighted by atomic mass is 9.96. The van der Waals surface area contributed by atoms with Gasteiger partial charge in [0.15, 0.2) is 5.13 Å². The number of methoxy groups -OCH3 is 1. The summed E-state index contributed by atoms with van der Waals surface area (Å²) in [6.07, 6.45) is 6.31. The van der Waals surface area contributed by atoms with Crippen molar-refractivity contribution >= 4 is 22.4 Å². The smallest absolute Gasteiger partial charge is 0.263 e. The molecule has 1 fully saturated rings. The lowest BCUT2D eigenvalue weighted by Crippen LogP contribution is -2.26. The molecule has 1 aromatic rings. The predicted octanol–water partition coefficient (Wildman–Crippen LogP) is 2.57. The first-order valence-corrected chi connectivity index (χ1v) is 8.03. The summed E-state index contributed by atoms with van der Waals surface area (Å²) < 4.78 is 4.92. The lowest BCUT2D eigenvalue weighted by Gasteiger charge is -2.22. The van der Waals surface area contributed by atoms with E-state index in [4.69, 9.17) is 4.74 Å². The highest BCUT2D eigenvalue weighted by atomic mass is 32.1. The second kappa shape index (κ2) is 7.59. The zero-order valence-corrected chi connectivity index (χ0v) is 13.0. The fourth-order valence-corrected chi connectivity index (χ4v) is 3.40. The Morgan fingerprint density at radius 3 is 2.85 bits per heavy atom. The molecule has 1 aromatic heterocycles. The van der Waals surface area contributed by atoms with Gasteiger partial charge in [-0.2, -0.15) is 0 Å². The molecule has 1 aliphatic carbocycles. The molecule has 1 saturated carbocycles.